The highest BCUT2D eigenvalue weighted by atomic mass is 15.3. The average molecular weight is 266 g/mol. The molecular weight excluding hydrogens is 252 g/mol. The van der Waals surface area contributed by atoms with Gasteiger partial charge in [0.25, 0.3) is 0 Å². The number of hydrogen-bond acceptors (Lipinski definition) is 4. The Labute approximate surface area is 116 Å². The van der Waals surface area contributed by atoms with Gasteiger partial charge in [-0.1, -0.05) is 6.92 Å². The Balaban J connectivity index is 2.09. The van der Waals surface area contributed by atoms with Crippen LogP contribution in [-0.4, -0.2) is 24.3 Å². The van der Waals surface area contributed by atoms with Crippen LogP contribution in [0.25, 0.3) is 11.0 Å². The van der Waals surface area contributed by atoms with Crippen molar-refractivity contribution in [3.63, 3.8) is 0 Å². The van der Waals surface area contributed by atoms with Gasteiger partial charge in [-0.15, -0.1) is 0 Å². The van der Waals surface area contributed by atoms with Crippen molar-refractivity contribution in [2.24, 2.45) is 0 Å². The molecule has 0 aliphatic heterocycles. The minimum absolute atomic E-state index is 0.580. The Morgan fingerprint density at radius 1 is 1.35 bits per heavy atom. The highest BCUT2D eigenvalue weighted by Crippen LogP contribution is 2.19. The number of hydrogen-bond donors (Lipinski definition) is 0. The summed E-state index contributed by atoms with van der Waals surface area (Å²) in [5, 5.41) is 13.1. The Morgan fingerprint density at radius 2 is 2.25 bits per heavy atom. The topological polar surface area (TPSA) is 72.3 Å². The number of aryl methyl sites for hydroxylation is 1. The zero-order valence-electron chi connectivity index (χ0n) is 11.2. The van der Waals surface area contributed by atoms with E-state index in [1.807, 2.05) is 18.2 Å². The molecule has 0 unspecified atom stereocenters. The second-order valence-corrected chi connectivity index (χ2v) is 4.59. The molecule has 6 heteroatoms. The van der Waals surface area contributed by atoms with Crippen LogP contribution in [0.4, 0.5) is 0 Å². The fourth-order valence-corrected chi connectivity index (χ4v) is 2.30. The average Bonchev–Trinajstić information content (AvgIpc) is 3.08. The zero-order chi connectivity index (χ0) is 13.9. The van der Waals surface area contributed by atoms with Gasteiger partial charge < -0.3 is 4.57 Å². The van der Waals surface area contributed by atoms with E-state index in [0.717, 1.165) is 29.8 Å². The van der Waals surface area contributed by atoms with E-state index < -0.39 is 0 Å². The minimum Gasteiger partial charge on any atom is -0.326 e. The van der Waals surface area contributed by atoms with E-state index in [1.165, 1.54) is 6.33 Å². The van der Waals surface area contributed by atoms with E-state index in [0.29, 0.717) is 12.1 Å². The summed E-state index contributed by atoms with van der Waals surface area (Å²) in [5.41, 5.74) is 2.54. The molecule has 0 aliphatic carbocycles. The van der Waals surface area contributed by atoms with E-state index >= 15 is 0 Å². The summed E-state index contributed by atoms with van der Waals surface area (Å²) in [7, 11) is 0. The highest BCUT2D eigenvalue weighted by Gasteiger charge is 2.11. The Morgan fingerprint density at radius 3 is 2.95 bits per heavy atom. The van der Waals surface area contributed by atoms with Crippen LogP contribution in [0.2, 0.25) is 0 Å². The first-order valence-corrected chi connectivity index (χ1v) is 6.53. The van der Waals surface area contributed by atoms with Crippen LogP contribution in [0.3, 0.4) is 0 Å². The van der Waals surface area contributed by atoms with Crippen LogP contribution in [-0.2, 0) is 13.1 Å². The van der Waals surface area contributed by atoms with Gasteiger partial charge in [0, 0.05) is 6.54 Å². The van der Waals surface area contributed by atoms with Crippen molar-refractivity contribution in [3.8, 4) is 6.07 Å². The zero-order valence-corrected chi connectivity index (χ0v) is 11.2. The van der Waals surface area contributed by atoms with Crippen LogP contribution in [0.15, 0.2) is 30.9 Å². The van der Waals surface area contributed by atoms with Crippen molar-refractivity contribution < 1.29 is 0 Å². The molecule has 0 aliphatic rings. The van der Waals surface area contributed by atoms with E-state index in [2.05, 4.69) is 32.6 Å². The SMILES string of the molecule is CCCn1c(Cn2cncn2)nc2cc(C#N)ccc21. The van der Waals surface area contributed by atoms with Gasteiger partial charge in [-0.05, 0) is 24.6 Å². The van der Waals surface area contributed by atoms with Gasteiger partial charge >= 0.3 is 0 Å². The van der Waals surface area contributed by atoms with E-state index in [4.69, 9.17) is 5.26 Å². The summed E-state index contributed by atoms with van der Waals surface area (Å²) in [5.74, 6) is 0.933. The van der Waals surface area contributed by atoms with Gasteiger partial charge in [0.15, 0.2) is 0 Å². The van der Waals surface area contributed by atoms with E-state index in [1.54, 1.807) is 11.0 Å². The van der Waals surface area contributed by atoms with Crippen LogP contribution in [0.5, 0.6) is 0 Å². The van der Waals surface area contributed by atoms with Crippen molar-refractivity contribution >= 4 is 11.0 Å². The van der Waals surface area contributed by atoms with Gasteiger partial charge in [0.05, 0.1) is 22.7 Å². The maximum Gasteiger partial charge on any atom is 0.137 e. The van der Waals surface area contributed by atoms with Crippen molar-refractivity contribution in [1.29, 1.82) is 5.26 Å². The molecule has 0 bridgehead atoms. The van der Waals surface area contributed by atoms with Crippen LogP contribution in [0, 0.1) is 11.3 Å². The summed E-state index contributed by atoms with van der Waals surface area (Å²) in [6, 6.07) is 7.76. The van der Waals surface area contributed by atoms with Crippen molar-refractivity contribution in [3.05, 3.63) is 42.2 Å². The third-order valence-corrected chi connectivity index (χ3v) is 3.17. The van der Waals surface area contributed by atoms with Gasteiger partial charge in [-0.2, -0.15) is 10.4 Å². The number of nitriles is 1. The highest BCUT2D eigenvalue weighted by molar-refractivity contribution is 5.77. The molecule has 0 saturated carbocycles. The molecule has 0 amide bonds. The second-order valence-electron chi connectivity index (χ2n) is 4.59. The number of rotatable bonds is 4. The molecule has 2 aromatic heterocycles. The maximum atomic E-state index is 8.98. The lowest BCUT2D eigenvalue weighted by Gasteiger charge is -2.07. The Hall–Kier alpha value is -2.68. The largest absolute Gasteiger partial charge is 0.326 e. The lowest BCUT2D eigenvalue weighted by Crippen LogP contribution is -2.09. The smallest absolute Gasteiger partial charge is 0.137 e. The van der Waals surface area contributed by atoms with Gasteiger partial charge in [-0.25, -0.2) is 14.6 Å². The molecule has 2 heterocycles. The molecule has 6 nitrogen and oxygen atoms in total. The minimum atomic E-state index is 0.580. The quantitative estimate of drug-likeness (QED) is 0.723. The van der Waals surface area contributed by atoms with Gasteiger partial charge in [-0.3, -0.25) is 0 Å². The summed E-state index contributed by atoms with van der Waals surface area (Å²) in [4.78, 5) is 8.59. The Kier molecular flexibility index (Phi) is 3.17. The Bertz CT molecular complexity index is 763. The molecule has 0 fully saturated rings. The van der Waals surface area contributed by atoms with Crippen LogP contribution >= 0.6 is 0 Å². The second kappa shape index (κ2) is 5.13. The summed E-state index contributed by atoms with van der Waals surface area (Å²) in [6.07, 6.45) is 4.22. The molecule has 20 heavy (non-hydrogen) atoms. The molecule has 1 aromatic carbocycles. The molecule has 0 atom stereocenters. The molecule has 3 rings (SSSR count). The molecular formula is C14H14N6. The lowest BCUT2D eigenvalue weighted by atomic mass is 10.2. The van der Waals surface area contributed by atoms with Gasteiger partial charge in [0.1, 0.15) is 25.0 Å². The molecule has 100 valence electrons. The summed E-state index contributed by atoms with van der Waals surface area (Å²) >= 11 is 0. The fourth-order valence-electron chi connectivity index (χ4n) is 2.30. The third kappa shape index (κ3) is 2.14. The molecule has 0 N–H and O–H groups in total. The maximum absolute atomic E-state index is 8.98. The molecule has 0 spiro atoms. The fraction of sp³-hybridized carbons (Fsp3) is 0.286. The molecule has 3 aromatic rings. The van der Waals surface area contributed by atoms with Crippen molar-refractivity contribution in [2.75, 3.05) is 0 Å². The van der Waals surface area contributed by atoms with Crippen LogP contribution in [0.1, 0.15) is 24.7 Å². The van der Waals surface area contributed by atoms with Crippen LogP contribution < -0.4 is 0 Å². The predicted molar refractivity (Wildman–Crippen MR) is 73.9 cm³/mol. The number of aromatic nitrogens is 5. The van der Waals surface area contributed by atoms with E-state index in [-0.39, 0.29) is 0 Å². The first-order valence-electron chi connectivity index (χ1n) is 6.53. The standard InChI is InChI=1S/C14H14N6/c1-2-5-20-13-4-3-11(7-15)6-12(13)18-14(20)8-19-10-16-9-17-19/h3-4,6,9-10H,2,5,8H2,1H3. The van der Waals surface area contributed by atoms with Crippen molar-refractivity contribution in [1.82, 2.24) is 24.3 Å². The lowest BCUT2D eigenvalue weighted by molar-refractivity contribution is 0.592. The molecule has 0 radical (unpaired) electrons. The normalized spacial score (nSPS) is 10.8. The summed E-state index contributed by atoms with van der Waals surface area (Å²) in [6.45, 7) is 3.61. The number of fused-ring (bicyclic) bond motifs is 1. The molecule has 0 saturated heterocycles. The van der Waals surface area contributed by atoms with Crippen molar-refractivity contribution in [2.45, 2.75) is 26.4 Å². The number of nitrogens with zero attached hydrogens (tertiary/aromatic N) is 6. The monoisotopic (exact) mass is 266 g/mol. The number of imidazole rings is 1. The number of benzene rings is 1. The first-order chi connectivity index (χ1) is 9.81. The first kappa shape index (κ1) is 12.4. The van der Waals surface area contributed by atoms with E-state index in [9.17, 15) is 0 Å². The van der Waals surface area contributed by atoms with Gasteiger partial charge in [0.2, 0.25) is 0 Å². The third-order valence-electron chi connectivity index (χ3n) is 3.17. The predicted octanol–water partition coefficient (Wildman–Crippen LogP) is 1.96. The summed E-state index contributed by atoms with van der Waals surface area (Å²) < 4.78 is 3.93.